The van der Waals surface area contributed by atoms with E-state index in [1.54, 1.807) is 67.6 Å². The average Bonchev–Trinajstić information content (AvgIpc) is 3.21. The van der Waals surface area contributed by atoms with Gasteiger partial charge in [0.15, 0.2) is 0 Å². The third kappa shape index (κ3) is 5.16. The Bertz CT molecular complexity index is 1140. The van der Waals surface area contributed by atoms with Gasteiger partial charge in [0, 0.05) is 22.3 Å². The molecule has 0 fully saturated rings. The van der Waals surface area contributed by atoms with Crippen LogP contribution in [0.2, 0.25) is 5.02 Å². The van der Waals surface area contributed by atoms with Crippen LogP contribution in [0, 0.1) is 11.3 Å². The van der Waals surface area contributed by atoms with Gasteiger partial charge in [-0.3, -0.25) is 4.79 Å². The summed E-state index contributed by atoms with van der Waals surface area (Å²) < 4.78 is 10.7. The van der Waals surface area contributed by atoms with Crippen molar-refractivity contribution in [3.63, 3.8) is 0 Å². The first-order chi connectivity index (χ1) is 14.5. The molecule has 0 bridgehead atoms. The van der Waals surface area contributed by atoms with Crippen molar-refractivity contribution < 1.29 is 18.7 Å². The Hall–Kier alpha value is -3.82. The predicted octanol–water partition coefficient (Wildman–Crippen LogP) is 5.32. The lowest BCUT2D eigenvalue weighted by Gasteiger charge is -2.04. The maximum atomic E-state index is 12.4. The first-order valence-electron chi connectivity index (χ1n) is 9.06. The number of halogens is 1. The van der Waals surface area contributed by atoms with Crippen molar-refractivity contribution in [3.8, 4) is 17.4 Å². The van der Waals surface area contributed by atoms with Gasteiger partial charge in [0.1, 0.15) is 23.2 Å². The standard InChI is InChI=1S/C23H17ClN2O4/c1-2-29-23(28)16-8-6-15(7-9-16)21-11-10-20(30-21)12-17(14-25)22(27)26-19-5-3-4-18(24)13-19/h3-13H,2H2,1H3,(H,26,27)/b17-12+. The lowest BCUT2D eigenvalue weighted by Crippen LogP contribution is -2.13. The van der Waals surface area contributed by atoms with E-state index in [2.05, 4.69) is 5.32 Å². The third-order valence-electron chi connectivity index (χ3n) is 4.04. The van der Waals surface area contributed by atoms with Gasteiger partial charge in [-0.2, -0.15) is 5.26 Å². The zero-order chi connectivity index (χ0) is 21.5. The Kier molecular flexibility index (Phi) is 6.68. The summed E-state index contributed by atoms with van der Waals surface area (Å²) in [5, 5.41) is 12.4. The number of nitrogens with zero attached hydrogens (tertiary/aromatic N) is 1. The van der Waals surface area contributed by atoms with Gasteiger partial charge < -0.3 is 14.5 Å². The summed E-state index contributed by atoms with van der Waals surface area (Å²) >= 11 is 5.90. The molecule has 0 aliphatic carbocycles. The van der Waals surface area contributed by atoms with Crippen LogP contribution < -0.4 is 5.32 Å². The lowest BCUT2D eigenvalue weighted by molar-refractivity contribution is -0.112. The summed E-state index contributed by atoms with van der Waals surface area (Å²) in [6.07, 6.45) is 1.36. The fourth-order valence-corrected chi connectivity index (χ4v) is 2.82. The number of benzene rings is 2. The number of rotatable bonds is 6. The Morgan fingerprint density at radius 1 is 1.17 bits per heavy atom. The van der Waals surface area contributed by atoms with Crippen LogP contribution in [-0.2, 0) is 9.53 Å². The summed E-state index contributed by atoms with van der Waals surface area (Å²) in [6.45, 7) is 2.05. The number of anilines is 1. The van der Waals surface area contributed by atoms with Crippen molar-refractivity contribution in [2.24, 2.45) is 0 Å². The predicted molar refractivity (Wildman–Crippen MR) is 114 cm³/mol. The minimum absolute atomic E-state index is 0.117. The minimum Gasteiger partial charge on any atom is -0.462 e. The van der Waals surface area contributed by atoms with Crippen LogP contribution in [0.1, 0.15) is 23.0 Å². The monoisotopic (exact) mass is 420 g/mol. The average molecular weight is 421 g/mol. The van der Waals surface area contributed by atoms with E-state index in [1.165, 1.54) is 6.08 Å². The molecule has 1 N–H and O–H groups in total. The van der Waals surface area contributed by atoms with Gasteiger partial charge >= 0.3 is 5.97 Å². The summed E-state index contributed by atoms with van der Waals surface area (Å²) in [7, 11) is 0. The van der Waals surface area contributed by atoms with Crippen molar-refractivity contribution >= 4 is 35.2 Å². The van der Waals surface area contributed by atoms with E-state index in [9.17, 15) is 14.9 Å². The first-order valence-corrected chi connectivity index (χ1v) is 9.44. The van der Waals surface area contributed by atoms with Crippen LogP contribution in [0.5, 0.6) is 0 Å². The highest BCUT2D eigenvalue weighted by Crippen LogP contribution is 2.24. The molecule has 7 heteroatoms. The molecule has 0 unspecified atom stereocenters. The van der Waals surface area contributed by atoms with Crippen LogP contribution in [0.25, 0.3) is 17.4 Å². The molecule has 0 aliphatic rings. The summed E-state index contributed by atoms with van der Waals surface area (Å²) in [4.78, 5) is 24.1. The Morgan fingerprint density at radius 3 is 2.60 bits per heavy atom. The molecule has 0 atom stereocenters. The maximum absolute atomic E-state index is 12.4. The topological polar surface area (TPSA) is 92.3 Å². The SMILES string of the molecule is CCOC(=O)c1ccc(-c2ccc(/C=C(\C#N)C(=O)Nc3cccc(Cl)c3)o2)cc1. The number of esters is 1. The van der Waals surface area contributed by atoms with E-state index in [0.29, 0.717) is 34.4 Å². The van der Waals surface area contributed by atoms with Gasteiger partial charge in [0.05, 0.1) is 12.2 Å². The van der Waals surface area contributed by atoms with Gasteiger partial charge in [-0.1, -0.05) is 29.8 Å². The molecule has 150 valence electrons. The number of nitriles is 1. The van der Waals surface area contributed by atoms with E-state index < -0.39 is 11.9 Å². The number of ether oxygens (including phenoxy) is 1. The Morgan fingerprint density at radius 2 is 1.93 bits per heavy atom. The smallest absolute Gasteiger partial charge is 0.338 e. The van der Waals surface area contributed by atoms with Crippen LogP contribution in [0.15, 0.2) is 70.7 Å². The van der Waals surface area contributed by atoms with E-state index in [-0.39, 0.29) is 5.57 Å². The second kappa shape index (κ2) is 9.59. The van der Waals surface area contributed by atoms with Crippen molar-refractivity contribution in [1.29, 1.82) is 5.26 Å². The number of nitrogens with one attached hydrogen (secondary N) is 1. The fourth-order valence-electron chi connectivity index (χ4n) is 2.63. The molecule has 0 saturated carbocycles. The molecule has 0 saturated heterocycles. The fraction of sp³-hybridized carbons (Fsp3) is 0.0870. The summed E-state index contributed by atoms with van der Waals surface area (Å²) in [6, 6.07) is 18.6. The number of furan rings is 1. The molecule has 0 aliphatic heterocycles. The molecule has 3 aromatic rings. The molecule has 30 heavy (non-hydrogen) atoms. The highest BCUT2D eigenvalue weighted by Gasteiger charge is 2.12. The van der Waals surface area contributed by atoms with Gasteiger partial charge in [-0.25, -0.2) is 4.79 Å². The first kappa shape index (κ1) is 20.9. The highest BCUT2D eigenvalue weighted by molar-refractivity contribution is 6.31. The second-order valence-electron chi connectivity index (χ2n) is 6.13. The summed E-state index contributed by atoms with van der Waals surface area (Å²) in [5.74, 6) is -0.0885. The van der Waals surface area contributed by atoms with Gasteiger partial charge in [-0.05, 0) is 49.4 Å². The minimum atomic E-state index is -0.573. The van der Waals surface area contributed by atoms with E-state index in [0.717, 1.165) is 5.56 Å². The van der Waals surface area contributed by atoms with Crippen LogP contribution in [-0.4, -0.2) is 18.5 Å². The van der Waals surface area contributed by atoms with Crippen LogP contribution in [0.4, 0.5) is 5.69 Å². The van der Waals surface area contributed by atoms with Crippen LogP contribution in [0.3, 0.4) is 0 Å². The molecule has 1 amide bonds. The normalized spacial score (nSPS) is 10.9. The molecule has 3 rings (SSSR count). The largest absolute Gasteiger partial charge is 0.462 e. The zero-order valence-electron chi connectivity index (χ0n) is 16.0. The van der Waals surface area contributed by atoms with Crippen LogP contribution >= 0.6 is 11.6 Å². The van der Waals surface area contributed by atoms with E-state index >= 15 is 0 Å². The molecular weight excluding hydrogens is 404 g/mol. The lowest BCUT2D eigenvalue weighted by atomic mass is 10.1. The molecule has 1 aromatic heterocycles. The van der Waals surface area contributed by atoms with Crippen molar-refractivity contribution in [1.82, 2.24) is 0 Å². The third-order valence-corrected chi connectivity index (χ3v) is 4.28. The molecule has 0 spiro atoms. The quantitative estimate of drug-likeness (QED) is 0.331. The molecule has 1 heterocycles. The van der Waals surface area contributed by atoms with Gasteiger partial charge in [0.2, 0.25) is 0 Å². The van der Waals surface area contributed by atoms with Crippen molar-refractivity contribution in [3.05, 3.63) is 82.6 Å². The van der Waals surface area contributed by atoms with Crippen molar-refractivity contribution in [2.75, 3.05) is 11.9 Å². The number of carbonyl (C=O) groups is 2. The molecule has 6 nitrogen and oxygen atoms in total. The zero-order valence-corrected chi connectivity index (χ0v) is 16.8. The maximum Gasteiger partial charge on any atom is 0.338 e. The molecular formula is C23H17ClN2O4. The van der Waals surface area contributed by atoms with E-state index in [1.807, 2.05) is 6.07 Å². The number of hydrogen-bond donors (Lipinski definition) is 1. The second-order valence-corrected chi connectivity index (χ2v) is 6.57. The molecule has 0 radical (unpaired) electrons. The number of amides is 1. The highest BCUT2D eigenvalue weighted by atomic mass is 35.5. The van der Waals surface area contributed by atoms with Gasteiger partial charge in [-0.15, -0.1) is 0 Å². The number of hydrogen-bond acceptors (Lipinski definition) is 5. The number of carbonyl (C=O) groups excluding carboxylic acids is 2. The Labute approximate surface area is 178 Å². The van der Waals surface area contributed by atoms with Gasteiger partial charge in [0.25, 0.3) is 5.91 Å². The summed E-state index contributed by atoms with van der Waals surface area (Å²) in [5.41, 5.74) is 1.55. The molecule has 2 aromatic carbocycles. The van der Waals surface area contributed by atoms with Crippen molar-refractivity contribution in [2.45, 2.75) is 6.92 Å². The van der Waals surface area contributed by atoms with E-state index in [4.69, 9.17) is 20.8 Å². The Balaban J connectivity index is 1.75.